The van der Waals surface area contributed by atoms with Gasteiger partial charge < -0.3 is 10.1 Å². The van der Waals surface area contributed by atoms with Gasteiger partial charge in [-0.25, -0.2) is 9.78 Å². The SMILES string of the molecule is COC(=O)C(C)Nc1cscn1. The van der Waals surface area contributed by atoms with Gasteiger partial charge in [0, 0.05) is 5.38 Å². The first-order valence-corrected chi connectivity index (χ1v) is 4.41. The van der Waals surface area contributed by atoms with Crippen LogP contribution in [0, 0.1) is 0 Å². The van der Waals surface area contributed by atoms with Gasteiger partial charge in [-0.3, -0.25) is 0 Å². The molecule has 4 nitrogen and oxygen atoms in total. The highest BCUT2D eigenvalue weighted by Crippen LogP contribution is 2.08. The van der Waals surface area contributed by atoms with Crippen LogP contribution in [0.5, 0.6) is 0 Å². The van der Waals surface area contributed by atoms with E-state index in [0.29, 0.717) is 5.82 Å². The Morgan fingerprint density at radius 1 is 1.83 bits per heavy atom. The van der Waals surface area contributed by atoms with Crippen molar-refractivity contribution in [3.8, 4) is 0 Å². The fourth-order valence-electron chi connectivity index (χ4n) is 0.741. The van der Waals surface area contributed by atoms with Crippen LogP contribution in [-0.4, -0.2) is 24.1 Å². The molecule has 0 fully saturated rings. The number of carbonyl (C=O) groups is 1. The Morgan fingerprint density at radius 3 is 3.08 bits per heavy atom. The lowest BCUT2D eigenvalue weighted by molar-refractivity contribution is -0.141. The number of ether oxygens (including phenoxy) is 1. The van der Waals surface area contributed by atoms with Gasteiger partial charge in [0.2, 0.25) is 0 Å². The van der Waals surface area contributed by atoms with Crippen LogP contribution in [0.1, 0.15) is 6.92 Å². The maximum Gasteiger partial charge on any atom is 0.328 e. The second kappa shape index (κ2) is 4.06. The van der Waals surface area contributed by atoms with Gasteiger partial charge in [-0.2, -0.15) is 0 Å². The summed E-state index contributed by atoms with van der Waals surface area (Å²) in [4.78, 5) is 14.9. The molecule has 0 aliphatic heterocycles. The highest BCUT2D eigenvalue weighted by atomic mass is 32.1. The van der Waals surface area contributed by atoms with Crippen molar-refractivity contribution in [2.45, 2.75) is 13.0 Å². The Hall–Kier alpha value is -1.10. The minimum atomic E-state index is -0.350. The molecule has 0 radical (unpaired) electrons. The molecule has 5 heteroatoms. The van der Waals surface area contributed by atoms with Crippen molar-refractivity contribution < 1.29 is 9.53 Å². The van der Waals surface area contributed by atoms with Crippen molar-refractivity contribution in [2.24, 2.45) is 0 Å². The Morgan fingerprint density at radius 2 is 2.58 bits per heavy atom. The number of esters is 1. The van der Waals surface area contributed by atoms with E-state index in [0.717, 1.165) is 0 Å². The van der Waals surface area contributed by atoms with E-state index in [1.165, 1.54) is 18.4 Å². The fraction of sp³-hybridized carbons (Fsp3) is 0.429. The monoisotopic (exact) mass is 186 g/mol. The zero-order valence-corrected chi connectivity index (χ0v) is 7.72. The smallest absolute Gasteiger partial charge is 0.328 e. The standard InChI is InChI=1S/C7H10N2O2S/c1-5(7(10)11-2)9-6-3-12-4-8-6/h3-5,9H,1-2H3. The normalized spacial score (nSPS) is 12.2. The molecule has 1 atom stereocenters. The first kappa shape index (κ1) is 8.99. The quantitative estimate of drug-likeness (QED) is 0.718. The Balaban J connectivity index is 2.47. The first-order chi connectivity index (χ1) is 5.74. The molecule has 1 aromatic rings. The third-order valence-electron chi connectivity index (χ3n) is 1.35. The molecule has 0 aliphatic rings. The lowest BCUT2D eigenvalue weighted by Gasteiger charge is -2.09. The number of methoxy groups -OCH3 is 1. The molecule has 0 aliphatic carbocycles. The number of anilines is 1. The predicted molar refractivity (Wildman–Crippen MR) is 47.2 cm³/mol. The van der Waals surface area contributed by atoms with Crippen molar-refractivity contribution in [1.82, 2.24) is 4.98 Å². The van der Waals surface area contributed by atoms with Crippen LogP contribution in [-0.2, 0) is 9.53 Å². The maximum atomic E-state index is 10.9. The van der Waals surface area contributed by atoms with E-state index in [9.17, 15) is 4.79 Å². The summed E-state index contributed by atoms with van der Waals surface area (Å²) in [7, 11) is 1.36. The number of hydrogen-bond donors (Lipinski definition) is 1. The number of aromatic nitrogens is 1. The van der Waals surface area contributed by atoms with Gasteiger partial charge >= 0.3 is 5.97 Å². The maximum absolute atomic E-state index is 10.9. The summed E-state index contributed by atoms with van der Waals surface area (Å²) < 4.78 is 4.53. The zero-order chi connectivity index (χ0) is 8.97. The number of nitrogens with zero attached hydrogens (tertiary/aromatic N) is 1. The van der Waals surface area contributed by atoms with Gasteiger partial charge in [0.25, 0.3) is 0 Å². The third-order valence-corrected chi connectivity index (χ3v) is 1.94. The van der Waals surface area contributed by atoms with E-state index in [1.54, 1.807) is 12.4 Å². The highest BCUT2D eigenvalue weighted by Gasteiger charge is 2.12. The molecule has 1 unspecified atom stereocenters. The second-order valence-electron chi connectivity index (χ2n) is 2.26. The van der Waals surface area contributed by atoms with Gasteiger partial charge in [0.15, 0.2) is 0 Å². The average Bonchev–Trinajstić information content (AvgIpc) is 2.55. The molecule has 66 valence electrons. The van der Waals surface area contributed by atoms with Gasteiger partial charge in [0.1, 0.15) is 11.9 Å². The van der Waals surface area contributed by atoms with Crippen LogP contribution in [0.2, 0.25) is 0 Å². The number of rotatable bonds is 3. The molecule has 0 aromatic carbocycles. The largest absolute Gasteiger partial charge is 0.467 e. The fourth-order valence-corrected chi connectivity index (χ4v) is 1.23. The summed E-state index contributed by atoms with van der Waals surface area (Å²) in [5.74, 6) is 0.418. The summed E-state index contributed by atoms with van der Waals surface area (Å²) in [6.07, 6.45) is 0. The van der Waals surface area contributed by atoms with Gasteiger partial charge in [-0.15, -0.1) is 11.3 Å². The molecule has 1 aromatic heterocycles. The highest BCUT2D eigenvalue weighted by molar-refractivity contribution is 7.07. The summed E-state index contributed by atoms with van der Waals surface area (Å²) in [5, 5.41) is 4.73. The van der Waals surface area contributed by atoms with Crippen molar-refractivity contribution >= 4 is 23.1 Å². The average molecular weight is 186 g/mol. The number of hydrogen-bond acceptors (Lipinski definition) is 5. The Kier molecular flexibility index (Phi) is 3.04. The lowest BCUT2D eigenvalue weighted by Crippen LogP contribution is -2.27. The molecule has 12 heavy (non-hydrogen) atoms. The zero-order valence-electron chi connectivity index (χ0n) is 6.90. The molecule has 1 heterocycles. The summed E-state index contributed by atoms with van der Waals surface area (Å²) in [6, 6.07) is -0.350. The van der Waals surface area contributed by atoms with Crippen molar-refractivity contribution in [1.29, 1.82) is 0 Å². The number of thiazole rings is 1. The summed E-state index contributed by atoms with van der Waals surface area (Å²) in [6.45, 7) is 1.73. The van der Waals surface area contributed by atoms with Crippen LogP contribution in [0.3, 0.4) is 0 Å². The first-order valence-electron chi connectivity index (χ1n) is 3.46. The van der Waals surface area contributed by atoms with Gasteiger partial charge in [0.05, 0.1) is 12.6 Å². The molecular formula is C7H10N2O2S. The summed E-state index contributed by atoms with van der Waals surface area (Å²) >= 11 is 1.48. The molecule has 0 saturated carbocycles. The summed E-state index contributed by atoms with van der Waals surface area (Å²) in [5.41, 5.74) is 1.70. The lowest BCUT2D eigenvalue weighted by atomic mass is 10.3. The second-order valence-corrected chi connectivity index (χ2v) is 2.98. The molecule has 0 saturated heterocycles. The number of carbonyl (C=O) groups excluding carboxylic acids is 1. The molecule has 1 rings (SSSR count). The van der Waals surface area contributed by atoms with Crippen molar-refractivity contribution in [3.05, 3.63) is 10.9 Å². The van der Waals surface area contributed by atoms with E-state index in [-0.39, 0.29) is 12.0 Å². The van der Waals surface area contributed by atoms with Crippen LogP contribution < -0.4 is 5.32 Å². The van der Waals surface area contributed by atoms with E-state index >= 15 is 0 Å². The minimum Gasteiger partial charge on any atom is -0.467 e. The van der Waals surface area contributed by atoms with E-state index in [4.69, 9.17) is 0 Å². The van der Waals surface area contributed by atoms with Crippen LogP contribution >= 0.6 is 11.3 Å². The molecule has 0 bridgehead atoms. The molecule has 0 amide bonds. The molecule has 0 spiro atoms. The van der Waals surface area contributed by atoms with E-state index < -0.39 is 0 Å². The molecular weight excluding hydrogens is 176 g/mol. The Bertz CT molecular complexity index is 248. The van der Waals surface area contributed by atoms with Crippen LogP contribution in [0.4, 0.5) is 5.82 Å². The predicted octanol–water partition coefficient (Wildman–Crippen LogP) is 1.12. The third kappa shape index (κ3) is 2.20. The van der Waals surface area contributed by atoms with Crippen molar-refractivity contribution in [2.75, 3.05) is 12.4 Å². The topological polar surface area (TPSA) is 51.2 Å². The van der Waals surface area contributed by atoms with E-state index in [2.05, 4.69) is 15.0 Å². The van der Waals surface area contributed by atoms with Crippen LogP contribution in [0.25, 0.3) is 0 Å². The van der Waals surface area contributed by atoms with Gasteiger partial charge in [-0.05, 0) is 6.92 Å². The minimum absolute atomic E-state index is 0.289. The number of nitrogens with one attached hydrogen (secondary N) is 1. The Labute approximate surface area is 74.6 Å². The van der Waals surface area contributed by atoms with E-state index in [1.807, 2.05) is 5.38 Å². The molecule has 1 N–H and O–H groups in total. The van der Waals surface area contributed by atoms with Crippen LogP contribution in [0.15, 0.2) is 10.9 Å². The van der Waals surface area contributed by atoms with Gasteiger partial charge in [-0.1, -0.05) is 0 Å². The van der Waals surface area contributed by atoms with Crippen molar-refractivity contribution in [3.63, 3.8) is 0 Å².